The number of thioether (sulfide) groups is 1. The average molecular weight is 340 g/mol. The van der Waals surface area contributed by atoms with Crippen LogP contribution in [0.3, 0.4) is 0 Å². The molecule has 7 heteroatoms. The molecule has 0 saturated carbocycles. The second kappa shape index (κ2) is 7.41. The molecular weight excluding hydrogens is 325 g/mol. The molecule has 0 spiro atoms. The number of hydrogen-bond donors (Lipinski definition) is 1. The van der Waals surface area contributed by atoms with Crippen LogP contribution in [0.1, 0.15) is 11.1 Å². The molecular formula is C16H15F3N2OS. The van der Waals surface area contributed by atoms with Crippen LogP contribution in [-0.2, 0) is 11.9 Å². The van der Waals surface area contributed by atoms with E-state index in [0.717, 1.165) is 23.4 Å². The van der Waals surface area contributed by atoms with Gasteiger partial charge in [0.2, 0.25) is 0 Å². The van der Waals surface area contributed by atoms with Crippen molar-refractivity contribution in [2.45, 2.75) is 11.9 Å². The first-order valence-electron chi connectivity index (χ1n) is 6.67. The molecule has 0 aromatic heterocycles. The molecule has 0 aliphatic heterocycles. The summed E-state index contributed by atoms with van der Waals surface area (Å²) in [5.74, 6) is 1.15. The number of amidine groups is 1. The molecule has 0 aliphatic carbocycles. The van der Waals surface area contributed by atoms with Crippen LogP contribution >= 0.6 is 11.8 Å². The van der Waals surface area contributed by atoms with E-state index in [4.69, 9.17) is 10.5 Å². The zero-order valence-electron chi connectivity index (χ0n) is 12.3. The van der Waals surface area contributed by atoms with Gasteiger partial charge in [0.25, 0.3) is 0 Å². The van der Waals surface area contributed by atoms with Crippen LogP contribution < -0.4 is 10.5 Å². The highest BCUT2D eigenvalue weighted by molar-refractivity contribution is 8.13. The van der Waals surface area contributed by atoms with Crippen molar-refractivity contribution in [3.05, 3.63) is 59.7 Å². The van der Waals surface area contributed by atoms with E-state index in [1.165, 1.54) is 18.2 Å². The molecule has 23 heavy (non-hydrogen) atoms. The lowest BCUT2D eigenvalue weighted by molar-refractivity contribution is -0.137. The summed E-state index contributed by atoms with van der Waals surface area (Å²) in [5.41, 5.74) is 5.66. The van der Waals surface area contributed by atoms with Gasteiger partial charge in [0.05, 0.1) is 18.4 Å². The Morgan fingerprint density at radius 3 is 2.48 bits per heavy atom. The predicted octanol–water partition coefficient (Wildman–Crippen LogP) is 4.59. The normalized spacial score (nSPS) is 12.3. The Kier molecular flexibility index (Phi) is 5.54. The summed E-state index contributed by atoms with van der Waals surface area (Å²) in [7, 11) is 1.56. The fraction of sp³-hybridized carbons (Fsp3) is 0.188. The van der Waals surface area contributed by atoms with E-state index in [1.54, 1.807) is 7.11 Å². The second-order valence-corrected chi connectivity index (χ2v) is 5.56. The summed E-state index contributed by atoms with van der Waals surface area (Å²) in [6.07, 6.45) is -4.46. The molecule has 2 aromatic carbocycles. The van der Waals surface area contributed by atoms with Gasteiger partial charge in [0.15, 0.2) is 5.17 Å². The minimum atomic E-state index is -4.46. The standard InChI is InChI=1S/C16H15F3N2OS/c1-22-14-9-5-2-6-11(14)10-23-15(20)21-13-8-4-3-7-12(13)16(17,18)19/h2-9H,10H2,1H3,(H2,20,21). The Morgan fingerprint density at radius 2 is 1.78 bits per heavy atom. The molecule has 2 aromatic rings. The van der Waals surface area contributed by atoms with Gasteiger partial charge in [0, 0.05) is 11.3 Å². The van der Waals surface area contributed by atoms with Crippen molar-refractivity contribution >= 4 is 22.6 Å². The quantitative estimate of drug-likeness (QED) is 0.654. The number of rotatable bonds is 4. The summed E-state index contributed by atoms with van der Waals surface area (Å²) < 4.78 is 44.0. The summed E-state index contributed by atoms with van der Waals surface area (Å²) in [6.45, 7) is 0. The molecule has 0 amide bonds. The zero-order chi connectivity index (χ0) is 16.9. The Hall–Kier alpha value is -2.15. The molecule has 0 bridgehead atoms. The van der Waals surface area contributed by atoms with E-state index in [-0.39, 0.29) is 10.9 Å². The van der Waals surface area contributed by atoms with Gasteiger partial charge in [-0.3, -0.25) is 0 Å². The number of benzene rings is 2. The number of nitrogens with zero attached hydrogens (tertiary/aromatic N) is 1. The van der Waals surface area contributed by atoms with Gasteiger partial charge in [-0.25, -0.2) is 4.99 Å². The fourth-order valence-electron chi connectivity index (χ4n) is 1.94. The van der Waals surface area contributed by atoms with Crippen molar-refractivity contribution in [3.63, 3.8) is 0 Å². The van der Waals surface area contributed by atoms with Crippen LogP contribution in [0.25, 0.3) is 0 Å². The number of alkyl halides is 3. The van der Waals surface area contributed by atoms with E-state index in [1.807, 2.05) is 24.3 Å². The van der Waals surface area contributed by atoms with Crippen molar-refractivity contribution in [2.75, 3.05) is 7.11 Å². The smallest absolute Gasteiger partial charge is 0.418 e. The van der Waals surface area contributed by atoms with Gasteiger partial charge in [-0.2, -0.15) is 13.2 Å². The van der Waals surface area contributed by atoms with Crippen LogP contribution in [-0.4, -0.2) is 12.3 Å². The largest absolute Gasteiger partial charge is 0.496 e. The molecule has 0 fully saturated rings. The third kappa shape index (κ3) is 4.66. The van der Waals surface area contributed by atoms with Crippen LogP contribution in [0.2, 0.25) is 0 Å². The highest BCUT2D eigenvalue weighted by Crippen LogP contribution is 2.36. The van der Waals surface area contributed by atoms with Crippen molar-refractivity contribution in [3.8, 4) is 5.75 Å². The summed E-state index contributed by atoms with van der Waals surface area (Å²) >= 11 is 1.15. The van der Waals surface area contributed by atoms with Crippen molar-refractivity contribution in [2.24, 2.45) is 10.7 Å². The molecule has 0 heterocycles. The minimum absolute atomic E-state index is 0.0626. The molecule has 2 rings (SSSR count). The van der Waals surface area contributed by atoms with Crippen LogP contribution in [0, 0.1) is 0 Å². The first-order chi connectivity index (χ1) is 10.9. The number of halogens is 3. The maximum absolute atomic E-state index is 12.9. The maximum atomic E-state index is 12.9. The lowest BCUT2D eigenvalue weighted by atomic mass is 10.2. The van der Waals surface area contributed by atoms with Gasteiger partial charge in [-0.05, 0) is 18.2 Å². The van der Waals surface area contributed by atoms with E-state index in [9.17, 15) is 13.2 Å². The molecule has 3 nitrogen and oxygen atoms in total. The van der Waals surface area contributed by atoms with Crippen LogP contribution in [0.4, 0.5) is 18.9 Å². The first kappa shape index (κ1) is 17.2. The molecule has 0 aliphatic rings. The van der Waals surface area contributed by atoms with Crippen molar-refractivity contribution < 1.29 is 17.9 Å². The summed E-state index contributed by atoms with van der Waals surface area (Å²) in [4.78, 5) is 3.89. The number of aliphatic imine (C=N–C) groups is 1. The second-order valence-electron chi connectivity index (χ2n) is 4.57. The molecule has 2 N–H and O–H groups in total. The van der Waals surface area contributed by atoms with Crippen LogP contribution in [0.15, 0.2) is 53.5 Å². The third-order valence-corrected chi connectivity index (χ3v) is 3.85. The Balaban J connectivity index is 2.15. The summed E-state index contributed by atoms with van der Waals surface area (Å²) in [5, 5.41) is 0.0626. The van der Waals surface area contributed by atoms with E-state index in [0.29, 0.717) is 11.5 Å². The SMILES string of the molecule is COc1ccccc1CSC(N)=Nc1ccccc1C(F)(F)F. The molecule has 0 atom stereocenters. The van der Waals surface area contributed by atoms with E-state index >= 15 is 0 Å². The average Bonchev–Trinajstić information content (AvgIpc) is 2.52. The van der Waals surface area contributed by atoms with Crippen molar-refractivity contribution in [1.29, 1.82) is 0 Å². The lowest BCUT2D eigenvalue weighted by Crippen LogP contribution is -2.09. The fourth-order valence-corrected chi connectivity index (χ4v) is 2.64. The molecule has 0 unspecified atom stereocenters. The topological polar surface area (TPSA) is 47.6 Å². The first-order valence-corrected chi connectivity index (χ1v) is 7.65. The number of methoxy groups -OCH3 is 1. The van der Waals surface area contributed by atoms with Gasteiger partial charge in [0.1, 0.15) is 5.75 Å². The monoisotopic (exact) mass is 340 g/mol. The highest BCUT2D eigenvalue weighted by Gasteiger charge is 2.33. The number of ether oxygens (including phenoxy) is 1. The molecule has 0 saturated heterocycles. The van der Waals surface area contributed by atoms with Crippen molar-refractivity contribution in [1.82, 2.24) is 0 Å². The van der Waals surface area contributed by atoms with Gasteiger partial charge in [-0.1, -0.05) is 42.1 Å². The molecule has 0 radical (unpaired) electrons. The highest BCUT2D eigenvalue weighted by atomic mass is 32.2. The van der Waals surface area contributed by atoms with E-state index in [2.05, 4.69) is 4.99 Å². The number of para-hydroxylation sites is 2. The maximum Gasteiger partial charge on any atom is 0.418 e. The number of hydrogen-bond acceptors (Lipinski definition) is 3. The zero-order valence-corrected chi connectivity index (χ0v) is 13.1. The Morgan fingerprint density at radius 1 is 1.13 bits per heavy atom. The van der Waals surface area contributed by atoms with Crippen LogP contribution in [0.5, 0.6) is 5.75 Å². The molecule has 122 valence electrons. The van der Waals surface area contributed by atoms with Gasteiger partial charge in [-0.15, -0.1) is 0 Å². The number of nitrogens with two attached hydrogens (primary N) is 1. The minimum Gasteiger partial charge on any atom is -0.496 e. The Bertz CT molecular complexity index is 702. The Labute approximate surface area is 136 Å². The van der Waals surface area contributed by atoms with E-state index < -0.39 is 11.7 Å². The van der Waals surface area contributed by atoms with Gasteiger partial charge < -0.3 is 10.5 Å². The lowest BCUT2D eigenvalue weighted by Gasteiger charge is -2.10. The van der Waals surface area contributed by atoms with Gasteiger partial charge >= 0.3 is 6.18 Å². The third-order valence-electron chi connectivity index (χ3n) is 3.01. The summed E-state index contributed by atoms with van der Waals surface area (Å²) in [6, 6.07) is 12.4. The predicted molar refractivity (Wildman–Crippen MR) is 87.0 cm³/mol.